The number of hydrogen-bond acceptors (Lipinski definition) is 2. The summed E-state index contributed by atoms with van der Waals surface area (Å²) >= 11 is 0. The van der Waals surface area contributed by atoms with Gasteiger partial charge in [0.1, 0.15) is 5.75 Å². The third-order valence-corrected chi connectivity index (χ3v) is 3.69. The van der Waals surface area contributed by atoms with Gasteiger partial charge in [-0.25, -0.2) is 0 Å². The van der Waals surface area contributed by atoms with E-state index in [-0.39, 0.29) is 12.4 Å². The minimum Gasteiger partial charge on any atom is -0.485 e. The van der Waals surface area contributed by atoms with Gasteiger partial charge < -0.3 is 9.30 Å². The van der Waals surface area contributed by atoms with Crippen LogP contribution in [-0.2, 0) is 0 Å². The molecule has 2 aromatic rings. The van der Waals surface area contributed by atoms with Crippen molar-refractivity contribution in [3.63, 3.8) is 0 Å². The highest BCUT2D eigenvalue weighted by Crippen LogP contribution is 2.21. The Balaban J connectivity index is 2.10. The highest BCUT2D eigenvalue weighted by molar-refractivity contribution is 5.98. The standard InChI is InChI=1S/C18H23NO2/c1-12(2)19-14(4)10-17(15(19)5)18(20)11-21-16-8-6-13(3)7-9-16/h6-10,12H,11H2,1-5H3. The van der Waals surface area contributed by atoms with E-state index >= 15 is 0 Å². The maximum absolute atomic E-state index is 12.4. The van der Waals surface area contributed by atoms with Crippen molar-refractivity contribution in [3.8, 4) is 5.75 Å². The van der Waals surface area contributed by atoms with Crippen LogP contribution in [0.1, 0.15) is 47.2 Å². The zero-order valence-corrected chi connectivity index (χ0v) is 13.4. The molecule has 112 valence electrons. The second kappa shape index (κ2) is 6.17. The van der Waals surface area contributed by atoms with E-state index in [1.807, 2.05) is 51.1 Å². The molecular formula is C18H23NO2. The molecule has 1 heterocycles. The quantitative estimate of drug-likeness (QED) is 0.769. The van der Waals surface area contributed by atoms with Gasteiger partial charge in [0.05, 0.1) is 0 Å². The van der Waals surface area contributed by atoms with Crippen molar-refractivity contribution >= 4 is 5.78 Å². The van der Waals surface area contributed by atoms with Gasteiger partial charge in [0.15, 0.2) is 6.61 Å². The topological polar surface area (TPSA) is 31.2 Å². The molecule has 0 saturated carbocycles. The molecule has 0 unspecified atom stereocenters. The summed E-state index contributed by atoms with van der Waals surface area (Å²) in [5, 5.41) is 0. The number of Topliss-reactive ketones (excluding diaryl/α,β-unsaturated/α-hetero) is 1. The smallest absolute Gasteiger partial charge is 0.202 e. The first-order chi connectivity index (χ1) is 9.90. The molecule has 0 saturated heterocycles. The van der Waals surface area contributed by atoms with Crippen molar-refractivity contribution in [1.29, 1.82) is 0 Å². The average molecular weight is 285 g/mol. The molecule has 0 spiro atoms. The largest absolute Gasteiger partial charge is 0.485 e. The molecule has 0 fully saturated rings. The van der Waals surface area contributed by atoms with Crippen LogP contribution in [-0.4, -0.2) is 17.0 Å². The predicted molar refractivity (Wildman–Crippen MR) is 85.3 cm³/mol. The van der Waals surface area contributed by atoms with Crippen LogP contribution in [0.3, 0.4) is 0 Å². The fourth-order valence-electron chi connectivity index (χ4n) is 2.72. The van der Waals surface area contributed by atoms with Gasteiger partial charge in [-0.3, -0.25) is 4.79 Å². The third-order valence-electron chi connectivity index (χ3n) is 3.69. The summed E-state index contributed by atoms with van der Waals surface area (Å²) in [4.78, 5) is 12.4. The first kappa shape index (κ1) is 15.4. The van der Waals surface area contributed by atoms with E-state index in [1.54, 1.807) is 0 Å². The Bertz CT molecular complexity index is 636. The predicted octanol–water partition coefficient (Wildman–Crippen LogP) is 4.26. The van der Waals surface area contributed by atoms with Gasteiger partial charge in [0.2, 0.25) is 5.78 Å². The first-order valence-electron chi connectivity index (χ1n) is 7.31. The Hall–Kier alpha value is -2.03. The lowest BCUT2D eigenvalue weighted by Crippen LogP contribution is -2.13. The lowest BCUT2D eigenvalue weighted by molar-refractivity contribution is 0.0920. The number of ether oxygens (including phenoxy) is 1. The van der Waals surface area contributed by atoms with Crippen LogP contribution in [0.15, 0.2) is 30.3 Å². The first-order valence-corrected chi connectivity index (χ1v) is 7.31. The van der Waals surface area contributed by atoms with Gasteiger partial charge in [0.25, 0.3) is 0 Å². The number of carbonyl (C=O) groups is 1. The van der Waals surface area contributed by atoms with Crippen LogP contribution in [0, 0.1) is 20.8 Å². The molecule has 1 aromatic heterocycles. The molecular weight excluding hydrogens is 262 g/mol. The van der Waals surface area contributed by atoms with Gasteiger partial charge in [-0.2, -0.15) is 0 Å². The number of nitrogens with zero attached hydrogens (tertiary/aromatic N) is 1. The molecule has 0 N–H and O–H groups in total. The monoisotopic (exact) mass is 285 g/mol. The number of aryl methyl sites for hydroxylation is 2. The van der Waals surface area contributed by atoms with Crippen LogP contribution in [0.2, 0.25) is 0 Å². The second-order valence-electron chi connectivity index (χ2n) is 5.77. The number of hydrogen-bond donors (Lipinski definition) is 0. The zero-order valence-electron chi connectivity index (χ0n) is 13.4. The lowest BCUT2D eigenvalue weighted by atomic mass is 10.1. The Morgan fingerprint density at radius 3 is 2.29 bits per heavy atom. The van der Waals surface area contributed by atoms with Crippen LogP contribution in [0.25, 0.3) is 0 Å². The van der Waals surface area contributed by atoms with Gasteiger partial charge in [-0.15, -0.1) is 0 Å². The average Bonchev–Trinajstić information content (AvgIpc) is 2.73. The van der Waals surface area contributed by atoms with Crippen molar-refractivity contribution < 1.29 is 9.53 Å². The summed E-state index contributed by atoms with van der Waals surface area (Å²) in [5.41, 5.74) is 4.06. The summed E-state index contributed by atoms with van der Waals surface area (Å²) in [6.45, 7) is 10.4. The molecule has 0 radical (unpaired) electrons. The second-order valence-corrected chi connectivity index (χ2v) is 5.77. The molecule has 0 atom stereocenters. The van der Waals surface area contributed by atoms with Crippen molar-refractivity contribution in [1.82, 2.24) is 4.57 Å². The Kier molecular flexibility index (Phi) is 4.51. The van der Waals surface area contributed by atoms with E-state index in [0.717, 1.165) is 22.7 Å². The van der Waals surface area contributed by atoms with E-state index < -0.39 is 0 Å². The van der Waals surface area contributed by atoms with Gasteiger partial charge in [0, 0.05) is 23.0 Å². The number of rotatable bonds is 5. The van der Waals surface area contributed by atoms with Gasteiger partial charge >= 0.3 is 0 Å². The van der Waals surface area contributed by atoms with Crippen molar-refractivity contribution in [3.05, 3.63) is 52.8 Å². The third kappa shape index (κ3) is 3.35. The molecule has 3 nitrogen and oxygen atoms in total. The van der Waals surface area contributed by atoms with E-state index in [4.69, 9.17) is 4.74 Å². The minimum absolute atomic E-state index is 0.0237. The summed E-state index contributed by atoms with van der Waals surface area (Å²) < 4.78 is 7.76. The van der Waals surface area contributed by atoms with E-state index in [2.05, 4.69) is 18.4 Å². The number of aromatic nitrogens is 1. The molecule has 0 bridgehead atoms. The maximum atomic E-state index is 12.4. The molecule has 1 aromatic carbocycles. The van der Waals surface area contributed by atoms with Crippen LogP contribution in [0.4, 0.5) is 0 Å². The molecule has 2 rings (SSSR count). The van der Waals surface area contributed by atoms with E-state index in [1.165, 1.54) is 5.56 Å². The van der Waals surface area contributed by atoms with E-state index in [0.29, 0.717) is 6.04 Å². The van der Waals surface area contributed by atoms with Crippen molar-refractivity contribution in [2.24, 2.45) is 0 Å². The molecule has 0 aliphatic heterocycles. The van der Waals surface area contributed by atoms with E-state index in [9.17, 15) is 4.79 Å². The lowest BCUT2D eigenvalue weighted by Gasteiger charge is -2.13. The highest BCUT2D eigenvalue weighted by Gasteiger charge is 2.17. The number of benzene rings is 1. The van der Waals surface area contributed by atoms with Crippen molar-refractivity contribution in [2.75, 3.05) is 6.61 Å². The summed E-state index contributed by atoms with van der Waals surface area (Å²) in [6, 6.07) is 10.0. The van der Waals surface area contributed by atoms with Crippen LogP contribution in [0.5, 0.6) is 5.75 Å². The Labute approximate surface area is 126 Å². The van der Waals surface area contributed by atoms with Gasteiger partial charge in [-0.1, -0.05) is 17.7 Å². The Morgan fingerprint density at radius 2 is 1.76 bits per heavy atom. The highest BCUT2D eigenvalue weighted by atomic mass is 16.5. The maximum Gasteiger partial charge on any atom is 0.202 e. The minimum atomic E-state index is 0.0237. The van der Waals surface area contributed by atoms with Gasteiger partial charge in [-0.05, 0) is 52.8 Å². The summed E-state index contributed by atoms with van der Waals surface area (Å²) in [5.74, 6) is 0.752. The number of ketones is 1. The SMILES string of the molecule is Cc1ccc(OCC(=O)c2cc(C)n(C(C)C)c2C)cc1. The summed E-state index contributed by atoms with van der Waals surface area (Å²) in [6.07, 6.45) is 0. The molecule has 0 amide bonds. The zero-order chi connectivity index (χ0) is 15.6. The normalized spacial score (nSPS) is 11.0. The molecule has 3 heteroatoms. The fraction of sp³-hybridized carbons (Fsp3) is 0.389. The molecule has 0 aliphatic carbocycles. The molecule has 0 aliphatic rings. The summed E-state index contributed by atoms with van der Waals surface area (Å²) in [7, 11) is 0. The van der Waals surface area contributed by atoms with Crippen LogP contribution >= 0.6 is 0 Å². The Morgan fingerprint density at radius 1 is 1.14 bits per heavy atom. The van der Waals surface area contributed by atoms with Crippen molar-refractivity contribution in [2.45, 2.75) is 40.7 Å². The molecule has 21 heavy (non-hydrogen) atoms. The number of carbonyl (C=O) groups excluding carboxylic acids is 1. The van der Waals surface area contributed by atoms with Crippen LogP contribution < -0.4 is 4.74 Å². The fourth-order valence-corrected chi connectivity index (χ4v) is 2.72.